The summed E-state index contributed by atoms with van der Waals surface area (Å²) in [4.78, 5) is 10.1. The average molecular weight is 288 g/mol. The van der Waals surface area contributed by atoms with Crippen molar-refractivity contribution in [1.82, 2.24) is 2.78 Å². The Kier molecular flexibility index (Phi) is 1.95. The number of nitro benzene ring substituents is 1. The minimum atomic E-state index is -0.385. The van der Waals surface area contributed by atoms with Gasteiger partial charge in [-0.2, -0.15) is 0 Å². The van der Waals surface area contributed by atoms with E-state index in [9.17, 15) is 10.1 Å². The van der Waals surface area contributed by atoms with E-state index in [2.05, 4.69) is 22.9 Å². The highest BCUT2D eigenvalue weighted by Crippen LogP contribution is 2.22. The van der Waals surface area contributed by atoms with Crippen LogP contribution in [0.25, 0.3) is 10.9 Å². The molecule has 0 atom stereocenters. The van der Waals surface area contributed by atoms with E-state index in [1.165, 1.54) is 6.07 Å². The Balaban J connectivity index is 2.70. The van der Waals surface area contributed by atoms with Crippen LogP contribution in [0.3, 0.4) is 0 Å². The number of fused-ring (bicyclic) bond motifs is 1. The molecule has 0 spiro atoms. The van der Waals surface area contributed by atoms with Gasteiger partial charge in [0.15, 0.2) is 0 Å². The summed E-state index contributed by atoms with van der Waals surface area (Å²) in [5, 5.41) is 11.3. The van der Waals surface area contributed by atoms with Gasteiger partial charge in [0.25, 0.3) is 5.69 Å². The zero-order valence-electron chi connectivity index (χ0n) is 6.48. The van der Waals surface area contributed by atoms with E-state index in [0.29, 0.717) is 0 Å². The van der Waals surface area contributed by atoms with Crippen LogP contribution in [0.15, 0.2) is 30.5 Å². The van der Waals surface area contributed by atoms with Crippen molar-refractivity contribution in [1.29, 1.82) is 0 Å². The van der Waals surface area contributed by atoms with Crippen molar-refractivity contribution in [2.45, 2.75) is 0 Å². The van der Waals surface area contributed by atoms with Gasteiger partial charge >= 0.3 is 0 Å². The molecule has 0 fully saturated rings. The molecule has 0 unspecified atom stereocenters. The molecule has 2 aromatic rings. The summed E-state index contributed by atoms with van der Waals surface area (Å²) in [5.41, 5.74) is 1.13. The lowest BCUT2D eigenvalue weighted by molar-refractivity contribution is -0.384. The maximum Gasteiger partial charge on any atom is 0.270 e. The van der Waals surface area contributed by atoms with Crippen molar-refractivity contribution < 1.29 is 4.92 Å². The zero-order chi connectivity index (χ0) is 9.42. The molecule has 0 saturated heterocycles. The summed E-state index contributed by atoms with van der Waals surface area (Å²) in [6.07, 6.45) is 1.87. The predicted molar refractivity (Wildman–Crippen MR) is 58.0 cm³/mol. The fourth-order valence-electron chi connectivity index (χ4n) is 1.21. The van der Waals surface area contributed by atoms with Crippen molar-refractivity contribution >= 4 is 39.5 Å². The van der Waals surface area contributed by atoms with Gasteiger partial charge in [0.1, 0.15) is 0 Å². The first kappa shape index (κ1) is 8.49. The largest absolute Gasteiger partial charge is 0.290 e. The molecular formula is C8H5IN2O2. The lowest BCUT2D eigenvalue weighted by atomic mass is 10.2. The number of nitro groups is 1. The van der Waals surface area contributed by atoms with Crippen molar-refractivity contribution in [3.05, 3.63) is 40.6 Å². The second-order valence-corrected chi connectivity index (χ2v) is 3.67. The van der Waals surface area contributed by atoms with Gasteiger partial charge in [0.2, 0.25) is 0 Å². The SMILES string of the molecule is O=[N+]([O-])c1ccc2c(ccn2I)c1. The molecule has 4 nitrogen and oxygen atoms in total. The van der Waals surface area contributed by atoms with Gasteiger partial charge in [-0.1, -0.05) is 0 Å². The number of nitrogens with zero attached hydrogens (tertiary/aromatic N) is 2. The molecule has 0 aliphatic heterocycles. The number of hydrogen-bond donors (Lipinski definition) is 0. The second-order valence-electron chi connectivity index (χ2n) is 2.63. The molecule has 1 heterocycles. The molecular weight excluding hydrogens is 283 g/mol. The van der Waals surface area contributed by atoms with Crippen LogP contribution in [0.5, 0.6) is 0 Å². The first-order valence-electron chi connectivity index (χ1n) is 3.60. The molecule has 1 aromatic heterocycles. The number of non-ortho nitro benzene ring substituents is 1. The summed E-state index contributed by atoms with van der Waals surface area (Å²) >= 11 is 2.13. The van der Waals surface area contributed by atoms with Crippen molar-refractivity contribution in [2.24, 2.45) is 0 Å². The van der Waals surface area contributed by atoms with Gasteiger partial charge in [-0.25, -0.2) is 0 Å². The quantitative estimate of drug-likeness (QED) is 0.460. The molecule has 0 aliphatic carbocycles. The van der Waals surface area contributed by atoms with Crippen molar-refractivity contribution in [3.8, 4) is 0 Å². The third-order valence-electron chi connectivity index (χ3n) is 1.84. The van der Waals surface area contributed by atoms with E-state index < -0.39 is 0 Å². The maximum atomic E-state index is 10.4. The van der Waals surface area contributed by atoms with E-state index in [1.54, 1.807) is 12.1 Å². The Morgan fingerprint density at radius 3 is 2.85 bits per heavy atom. The van der Waals surface area contributed by atoms with Gasteiger partial charge in [0, 0.05) is 23.7 Å². The van der Waals surface area contributed by atoms with Gasteiger partial charge in [-0.15, -0.1) is 0 Å². The number of halogens is 1. The third-order valence-corrected chi connectivity index (χ3v) is 2.68. The Hall–Kier alpha value is -1.11. The molecule has 1 aromatic carbocycles. The van der Waals surface area contributed by atoms with Crippen LogP contribution in [0.1, 0.15) is 0 Å². The number of hydrogen-bond acceptors (Lipinski definition) is 2. The van der Waals surface area contributed by atoms with Crippen LogP contribution < -0.4 is 0 Å². The summed E-state index contributed by atoms with van der Waals surface area (Å²) < 4.78 is 1.90. The van der Waals surface area contributed by atoms with E-state index >= 15 is 0 Å². The van der Waals surface area contributed by atoms with Gasteiger partial charge < -0.3 is 0 Å². The first-order chi connectivity index (χ1) is 6.18. The van der Waals surface area contributed by atoms with E-state index in [0.717, 1.165) is 10.9 Å². The maximum absolute atomic E-state index is 10.4. The third kappa shape index (κ3) is 1.39. The van der Waals surface area contributed by atoms with E-state index in [-0.39, 0.29) is 10.6 Å². The minimum Gasteiger partial charge on any atom is -0.290 e. The van der Waals surface area contributed by atoms with Crippen molar-refractivity contribution in [3.63, 3.8) is 0 Å². The monoisotopic (exact) mass is 288 g/mol. The van der Waals surface area contributed by atoms with Crippen LogP contribution in [0.2, 0.25) is 0 Å². The smallest absolute Gasteiger partial charge is 0.270 e. The lowest BCUT2D eigenvalue weighted by Gasteiger charge is -1.93. The van der Waals surface area contributed by atoms with Crippen molar-refractivity contribution in [2.75, 3.05) is 0 Å². The van der Waals surface area contributed by atoms with Gasteiger partial charge in [0.05, 0.1) is 33.3 Å². The molecule has 66 valence electrons. The molecule has 0 bridgehead atoms. The first-order valence-corrected chi connectivity index (χ1v) is 4.56. The summed E-state index contributed by atoms with van der Waals surface area (Å²) in [5.74, 6) is 0. The van der Waals surface area contributed by atoms with Gasteiger partial charge in [-0.3, -0.25) is 12.9 Å². The average Bonchev–Trinajstić information content (AvgIpc) is 2.47. The number of aromatic nitrogens is 1. The Labute approximate surface area is 87.8 Å². The molecule has 5 heteroatoms. The van der Waals surface area contributed by atoms with E-state index in [1.807, 2.05) is 15.0 Å². The molecule has 0 amide bonds. The molecule has 2 rings (SSSR count). The van der Waals surface area contributed by atoms with Crippen LogP contribution in [0, 0.1) is 10.1 Å². The fraction of sp³-hybridized carbons (Fsp3) is 0. The molecule has 0 N–H and O–H groups in total. The topological polar surface area (TPSA) is 48.1 Å². The Bertz CT molecular complexity index is 478. The number of rotatable bonds is 1. The highest BCUT2D eigenvalue weighted by Gasteiger charge is 2.07. The lowest BCUT2D eigenvalue weighted by Crippen LogP contribution is -1.86. The molecule has 0 radical (unpaired) electrons. The summed E-state index contributed by atoms with van der Waals surface area (Å²) in [7, 11) is 0. The second kappa shape index (κ2) is 2.99. The zero-order valence-corrected chi connectivity index (χ0v) is 8.63. The number of benzene rings is 1. The summed E-state index contributed by atoms with van der Waals surface area (Å²) in [6, 6.07) is 6.69. The molecule has 13 heavy (non-hydrogen) atoms. The molecule has 0 saturated carbocycles. The Morgan fingerprint density at radius 2 is 2.15 bits per heavy atom. The van der Waals surface area contributed by atoms with Crippen LogP contribution in [0.4, 0.5) is 5.69 Å². The standard InChI is InChI=1S/C8H5IN2O2/c9-10-4-3-6-5-7(11(12)13)1-2-8(6)10/h1-5H. The van der Waals surface area contributed by atoms with E-state index in [4.69, 9.17) is 0 Å². The molecule has 0 aliphatic rings. The highest BCUT2D eigenvalue weighted by molar-refractivity contribution is 14.1. The van der Waals surface area contributed by atoms with Crippen LogP contribution in [-0.4, -0.2) is 7.70 Å². The summed E-state index contributed by atoms with van der Waals surface area (Å²) in [6.45, 7) is 0. The normalized spacial score (nSPS) is 10.5. The van der Waals surface area contributed by atoms with Gasteiger partial charge in [-0.05, 0) is 12.1 Å². The predicted octanol–water partition coefficient (Wildman–Crippen LogP) is 2.75. The fourth-order valence-corrected chi connectivity index (χ4v) is 1.81. The van der Waals surface area contributed by atoms with Crippen LogP contribution >= 0.6 is 22.9 Å². The minimum absolute atomic E-state index is 0.134. The van der Waals surface area contributed by atoms with Crippen LogP contribution in [-0.2, 0) is 0 Å². The highest BCUT2D eigenvalue weighted by atomic mass is 127. The Morgan fingerprint density at radius 1 is 1.38 bits per heavy atom.